The third kappa shape index (κ3) is 4.15. The van der Waals surface area contributed by atoms with Crippen LogP contribution < -0.4 is 0 Å². The van der Waals surface area contributed by atoms with Gasteiger partial charge in [-0.3, -0.25) is 4.99 Å². The van der Waals surface area contributed by atoms with Gasteiger partial charge in [-0.1, -0.05) is 152 Å². The maximum absolute atomic E-state index is 14.7. The van der Waals surface area contributed by atoms with Crippen LogP contribution in [0.5, 0.6) is 0 Å². The SMILES string of the molecule is O=S1(=O)c2cccc3c2C(C(c2ccccc2)=N3)c2cccc(-c3cccc(-c4c5ccccc5c(-c5ccccc5)c5ccccc45)c3)c21. The second-order valence-electron chi connectivity index (χ2n) is 13.0. The van der Waals surface area contributed by atoms with Crippen molar-refractivity contribution >= 4 is 42.8 Å². The van der Waals surface area contributed by atoms with E-state index in [-0.39, 0.29) is 5.92 Å². The van der Waals surface area contributed by atoms with Gasteiger partial charge >= 0.3 is 0 Å². The van der Waals surface area contributed by atoms with Crippen LogP contribution in [0.3, 0.4) is 0 Å². The molecule has 1 unspecified atom stereocenters. The Labute approximate surface area is 290 Å². The summed E-state index contributed by atoms with van der Waals surface area (Å²) in [7, 11) is -3.86. The first-order chi connectivity index (χ1) is 24.6. The maximum Gasteiger partial charge on any atom is 0.207 e. The molecule has 10 rings (SSSR count). The molecule has 4 heteroatoms. The first-order valence-electron chi connectivity index (χ1n) is 16.8. The molecule has 0 radical (unpaired) electrons. The van der Waals surface area contributed by atoms with Crippen molar-refractivity contribution in [2.45, 2.75) is 15.7 Å². The van der Waals surface area contributed by atoms with Crippen molar-refractivity contribution in [3.05, 3.63) is 187 Å². The fourth-order valence-electron chi connectivity index (χ4n) is 8.25. The van der Waals surface area contributed by atoms with Crippen molar-refractivity contribution in [1.82, 2.24) is 0 Å². The largest absolute Gasteiger partial charge is 0.251 e. The van der Waals surface area contributed by atoms with E-state index in [4.69, 9.17) is 4.99 Å². The Hall–Kier alpha value is -6.10. The smallest absolute Gasteiger partial charge is 0.207 e. The molecular weight excluding hydrogens is 631 g/mol. The minimum Gasteiger partial charge on any atom is -0.251 e. The Kier molecular flexibility index (Phi) is 6.33. The van der Waals surface area contributed by atoms with Crippen molar-refractivity contribution in [2.24, 2.45) is 4.99 Å². The van der Waals surface area contributed by atoms with Crippen molar-refractivity contribution in [3.63, 3.8) is 0 Å². The normalized spacial score (nSPS) is 15.4. The second kappa shape index (κ2) is 11.0. The highest BCUT2D eigenvalue weighted by atomic mass is 32.2. The number of benzene rings is 8. The molecule has 0 saturated carbocycles. The zero-order valence-electron chi connectivity index (χ0n) is 26.9. The van der Waals surface area contributed by atoms with Gasteiger partial charge in [-0.15, -0.1) is 0 Å². The van der Waals surface area contributed by atoms with Crippen LogP contribution in [0.2, 0.25) is 0 Å². The Morgan fingerprint density at radius 1 is 0.460 bits per heavy atom. The van der Waals surface area contributed by atoms with Crippen molar-refractivity contribution in [1.29, 1.82) is 0 Å². The molecule has 8 aromatic carbocycles. The van der Waals surface area contributed by atoms with Gasteiger partial charge in [-0.2, -0.15) is 0 Å². The molecule has 0 saturated heterocycles. The van der Waals surface area contributed by atoms with Crippen LogP contribution in [0.4, 0.5) is 5.69 Å². The summed E-state index contributed by atoms with van der Waals surface area (Å²) in [5.74, 6) is -0.274. The van der Waals surface area contributed by atoms with Gasteiger partial charge in [0.2, 0.25) is 9.84 Å². The highest BCUT2D eigenvalue weighted by Gasteiger charge is 2.44. The van der Waals surface area contributed by atoms with Crippen molar-refractivity contribution < 1.29 is 8.42 Å². The molecule has 1 atom stereocenters. The van der Waals surface area contributed by atoms with Crippen LogP contribution in [0.1, 0.15) is 22.6 Å². The van der Waals surface area contributed by atoms with Gasteiger partial charge in [0.05, 0.1) is 27.1 Å². The lowest BCUT2D eigenvalue weighted by Crippen LogP contribution is -2.23. The maximum atomic E-state index is 14.7. The van der Waals surface area contributed by atoms with Crippen LogP contribution in [0.25, 0.3) is 54.9 Å². The van der Waals surface area contributed by atoms with E-state index in [1.165, 1.54) is 21.9 Å². The van der Waals surface area contributed by atoms with Gasteiger partial charge in [0.15, 0.2) is 0 Å². The summed E-state index contributed by atoms with van der Waals surface area (Å²) in [5, 5.41) is 4.67. The number of rotatable bonds is 4. The van der Waals surface area contributed by atoms with E-state index in [1.54, 1.807) is 6.07 Å². The molecule has 0 aliphatic carbocycles. The number of aliphatic imine (C=N–C) groups is 1. The standard InChI is InChI=1S/C46H29NO2S/c48-50(49)40-27-13-26-39-44(40)43(45(47-39)30-16-5-2-6-17-30)38-25-12-24-33(46(38)50)31-18-11-19-32(28-31)42-36-22-9-7-20-34(36)41(29-14-3-1-4-15-29)35-21-8-10-23-37(35)42/h1-28,43H. The fourth-order valence-corrected chi connectivity index (χ4v) is 10.2. The summed E-state index contributed by atoms with van der Waals surface area (Å²) < 4.78 is 29.4. The number of fused-ring (bicyclic) bond motifs is 4. The van der Waals surface area contributed by atoms with E-state index in [0.29, 0.717) is 15.4 Å². The van der Waals surface area contributed by atoms with Crippen LogP contribution in [-0.4, -0.2) is 14.1 Å². The van der Waals surface area contributed by atoms with Gasteiger partial charge in [0.1, 0.15) is 0 Å². The number of hydrogen-bond acceptors (Lipinski definition) is 3. The minimum absolute atomic E-state index is 0.274. The summed E-state index contributed by atoms with van der Waals surface area (Å²) in [5.41, 5.74) is 10.3. The molecule has 2 aliphatic heterocycles. The predicted octanol–water partition coefficient (Wildman–Crippen LogP) is 11.4. The predicted molar refractivity (Wildman–Crippen MR) is 204 cm³/mol. The zero-order valence-corrected chi connectivity index (χ0v) is 27.7. The van der Waals surface area contributed by atoms with Gasteiger partial charge in [-0.25, -0.2) is 8.42 Å². The highest BCUT2D eigenvalue weighted by Crippen LogP contribution is 2.53. The van der Waals surface area contributed by atoms with Crippen molar-refractivity contribution in [3.8, 4) is 33.4 Å². The molecule has 3 nitrogen and oxygen atoms in total. The molecule has 0 amide bonds. The molecule has 2 aliphatic rings. The molecule has 0 spiro atoms. The molecule has 50 heavy (non-hydrogen) atoms. The lowest BCUT2D eigenvalue weighted by atomic mass is 9.83. The first kappa shape index (κ1) is 28.9. The van der Waals surface area contributed by atoms with E-state index in [2.05, 4.69) is 103 Å². The third-order valence-electron chi connectivity index (χ3n) is 10.3. The Balaban J connectivity index is 1.21. The fraction of sp³-hybridized carbons (Fsp3) is 0.0217. The molecular formula is C46H29NO2S. The summed E-state index contributed by atoms with van der Waals surface area (Å²) in [4.78, 5) is 5.75. The molecule has 0 N–H and O–H groups in total. The minimum atomic E-state index is -3.86. The number of nitrogens with zero attached hydrogens (tertiary/aromatic N) is 1. The Morgan fingerprint density at radius 2 is 0.980 bits per heavy atom. The van der Waals surface area contributed by atoms with Gasteiger partial charge in [-0.05, 0) is 78.7 Å². The summed E-state index contributed by atoms with van der Waals surface area (Å²) in [6, 6.07) is 57.7. The Bertz CT molecular complexity index is 2760. The van der Waals surface area contributed by atoms with E-state index in [0.717, 1.165) is 55.6 Å². The zero-order chi connectivity index (χ0) is 33.4. The number of sulfone groups is 1. The lowest BCUT2D eigenvalue weighted by molar-refractivity contribution is 0.591. The molecule has 0 fully saturated rings. The third-order valence-corrected chi connectivity index (χ3v) is 12.2. The summed E-state index contributed by atoms with van der Waals surface area (Å²) >= 11 is 0. The van der Waals surface area contributed by atoms with E-state index >= 15 is 0 Å². The van der Waals surface area contributed by atoms with Crippen LogP contribution in [0, 0.1) is 0 Å². The van der Waals surface area contributed by atoms with E-state index in [1.807, 2.05) is 60.7 Å². The van der Waals surface area contributed by atoms with Crippen LogP contribution >= 0.6 is 0 Å². The van der Waals surface area contributed by atoms with E-state index in [9.17, 15) is 8.42 Å². The van der Waals surface area contributed by atoms with Crippen LogP contribution in [0.15, 0.2) is 185 Å². The summed E-state index contributed by atoms with van der Waals surface area (Å²) in [6.45, 7) is 0. The summed E-state index contributed by atoms with van der Waals surface area (Å²) in [6.07, 6.45) is 0. The van der Waals surface area contributed by atoms with Crippen molar-refractivity contribution in [2.75, 3.05) is 0 Å². The lowest BCUT2D eigenvalue weighted by Gasteiger charge is -2.28. The quantitative estimate of drug-likeness (QED) is 0.177. The molecule has 2 heterocycles. The molecule has 0 aromatic heterocycles. The monoisotopic (exact) mass is 659 g/mol. The average Bonchev–Trinajstić information content (AvgIpc) is 3.57. The van der Waals surface area contributed by atoms with Gasteiger partial charge < -0.3 is 0 Å². The second-order valence-corrected chi connectivity index (χ2v) is 14.9. The average molecular weight is 660 g/mol. The molecule has 0 bridgehead atoms. The van der Waals surface area contributed by atoms with Gasteiger partial charge in [0, 0.05) is 11.1 Å². The van der Waals surface area contributed by atoms with Crippen LogP contribution in [-0.2, 0) is 9.84 Å². The number of hydrogen-bond donors (Lipinski definition) is 0. The molecule has 8 aromatic rings. The molecule has 236 valence electrons. The first-order valence-corrected chi connectivity index (χ1v) is 18.3. The highest BCUT2D eigenvalue weighted by molar-refractivity contribution is 7.91. The topological polar surface area (TPSA) is 46.5 Å². The van der Waals surface area contributed by atoms with E-state index < -0.39 is 9.84 Å². The van der Waals surface area contributed by atoms with Gasteiger partial charge in [0.25, 0.3) is 0 Å². The Morgan fingerprint density at radius 3 is 1.64 bits per heavy atom.